The third-order valence-electron chi connectivity index (χ3n) is 5.26. The summed E-state index contributed by atoms with van der Waals surface area (Å²) in [6.07, 6.45) is 3.16. The Morgan fingerprint density at radius 1 is 1.25 bits per heavy atom. The first-order valence-corrected chi connectivity index (χ1v) is 9.14. The van der Waals surface area contributed by atoms with E-state index in [1.807, 2.05) is 18.3 Å². The van der Waals surface area contributed by atoms with Gasteiger partial charge in [-0.15, -0.1) is 0 Å². The fourth-order valence-corrected chi connectivity index (χ4v) is 3.77. The summed E-state index contributed by atoms with van der Waals surface area (Å²) in [4.78, 5) is 18.8. The minimum absolute atomic E-state index is 0.0602. The number of β-amino-alcohol motifs (C(OH)–C–C–N with tert-alkyl or cyclic N) is 1. The zero-order valence-corrected chi connectivity index (χ0v) is 16.2. The predicted molar refractivity (Wildman–Crippen MR) is 107 cm³/mol. The second-order valence-electron chi connectivity index (χ2n) is 7.13. The number of hydrogen-bond acceptors (Lipinski definition) is 7. The van der Waals surface area contributed by atoms with Crippen molar-refractivity contribution in [3.63, 3.8) is 0 Å². The van der Waals surface area contributed by atoms with Crippen LogP contribution in [0.4, 0.5) is 5.69 Å². The number of benzene rings is 1. The number of nitrogens with zero attached hydrogens (tertiary/aromatic N) is 3. The van der Waals surface area contributed by atoms with Crippen LogP contribution in [-0.4, -0.2) is 54.3 Å². The van der Waals surface area contributed by atoms with E-state index in [4.69, 9.17) is 9.47 Å². The molecule has 2 aromatic rings. The average Bonchev–Trinajstić information content (AvgIpc) is 2.69. The number of methoxy groups -OCH3 is 2. The molecule has 0 bridgehead atoms. The van der Waals surface area contributed by atoms with E-state index >= 15 is 0 Å². The van der Waals surface area contributed by atoms with Gasteiger partial charge >= 0.3 is 0 Å². The minimum atomic E-state index is -0.263. The third-order valence-corrected chi connectivity index (χ3v) is 5.26. The number of likely N-dealkylation sites (tertiary alicyclic amines) is 1. The van der Waals surface area contributed by atoms with Crippen LogP contribution in [0, 0.1) is 0 Å². The lowest BCUT2D eigenvalue weighted by Crippen LogP contribution is -2.49. The number of aliphatic imine (C=N–C) groups is 1. The van der Waals surface area contributed by atoms with Crippen molar-refractivity contribution >= 4 is 12.0 Å². The third kappa shape index (κ3) is 3.14. The van der Waals surface area contributed by atoms with Crippen molar-refractivity contribution in [2.45, 2.75) is 19.2 Å². The van der Waals surface area contributed by atoms with E-state index < -0.39 is 0 Å². The zero-order valence-electron chi connectivity index (χ0n) is 16.2. The molecular weight excluding hydrogens is 360 g/mol. The number of aromatic nitrogens is 1. The first-order valence-electron chi connectivity index (χ1n) is 9.14. The molecule has 2 N–H and O–H groups in total. The van der Waals surface area contributed by atoms with Crippen molar-refractivity contribution in [3.8, 4) is 22.6 Å². The molecule has 28 heavy (non-hydrogen) atoms. The molecule has 8 heteroatoms. The van der Waals surface area contributed by atoms with Crippen LogP contribution in [0.1, 0.15) is 11.1 Å². The van der Waals surface area contributed by atoms with Gasteiger partial charge < -0.3 is 24.5 Å². The molecule has 0 aliphatic carbocycles. The molecule has 2 aliphatic heterocycles. The summed E-state index contributed by atoms with van der Waals surface area (Å²) in [7, 11) is 5.00. The molecular formula is C20H24N4O4. The molecule has 0 unspecified atom stereocenters. The molecule has 3 heterocycles. The van der Waals surface area contributed by atoms with Crippen LogP contribution in [0.3, 0.4) is 0 Å². The van der Waals surface area contributed by atoms with Gasteiger partial charge in [0, 0.05) is 38.4 Å². The number of fused-ring (bicyclic) bond motifs is 1. The Bertz CT molecular complexity index is 967. The van der Waals surface area contributed by atoms with Crippen LogP contribution in [0.25, 0.3) is 11.1 Å². The van der Waals surface area contributed by atoms with Gasteiger partial charge in [-0.05, 0) is 17.7 Å². The summed E-state index contributed by atoms with van der Waals surface area (Å²) in [5.41, 5.74) is 4.05. The van der Waals surface area contributed by atoms with Crippen molar-refractivity contribution < 1.29 is 14.6 Å². The second kappa shape index (κ2) is 7.29. The molecule has 0 saturated carbocycles. The zero-order chi connectivity index (χ0) is 19.8. The van der Waals surface area contributed by atoms with Gasteiger partial charge in [-0.2, -0.15) is 0 Å². The fraction of sp³-hybridized carbons (Fsp3) is 0.400. The number of hydrogen-bond donors (Lipinski definition) is 2. The summed E-state index contributed by atoms with van der Waals surface area (Å²) in [5, 5.41) is 12.7. The monoisotopic (exact) mass is 384 g/mol. The maximum Gasteiger partial charge on any atom is 0.257 e. The predicted octanol–water partition coefficient (Wildman–Crippen LogP) is 1.20. The Morgan fingerprint density at radius 3 is 2.54 bits per heavy atom. The Balaban J connectivity index is 1.81. The van der Waals surface area contributed by atoms with Crippen LogP contribution < -0.4 is 20.3 Å². The van der Waals surface area contributed by atoms with Gasteiger partial charge in [0.15, 0.2) is 0 Å². The van der Waals surface area contributed by atoms with Crippen LogP contribution >= 0.6 is 0 Å². The summed E-state index contributed by atoms with van der Waals surface area (Å²) in [5.74, 6) is 1.42. The Hall–Kier alpha value is -2.84. The number of pyridine rings is 1. The van der Waals surface area contributed by atoms with Gasteiger partial charge in [-0.1, -0.05) is 0 Å². The molecule has 1 saturated heterocycles. The molecule has 0 amide bonds. The van der Waals surface area contributed by atoms with E-state index in [2.05, 4.69) is 15.2 Å². The highest BCUT2D eigenvalue weighted by Gasteiger charge is 2.27. The molecule has 0 radical (unpaired) electrons. The highest BCUT2D eigenvalue weighted by atomic mass is 16.5. The molecule has 148 valence electrons. The number of ether oxygens (including phenoxy) is 2. The normalized spacial score (nSPS) is 16.3. The van der Waals surface area contributed by atoms with Crippen LogP contribution in [-0.2, 0) is 20.1 Å². The number of anilines is 1. The summed E-state index contributed by atoms with van der Waals surface area (Å²) < 4.78 is 12.9. The molecule has 8 nitrogen and oxygen atoms in total. The second-order valence-corrected chi connectivity index (χ2v) is 7.13. The minimum Gasteiger partial charge on any atom is -0.496 e. The highest BCUT2D eigenvalue weighted by Crippen LogP contribution is 2.39. The highest BCUT2D eigenvalue weighted by molar-refractivity contribution is 5.90. The van der Waals surface area contributed by atoms with Crippen LogP contribution in [0.15, 0.2) is 28.1 Å². The van der Waals surface area contributed by atoms with E-state index in [1.165, 1.54) is 0 Å². The molecule has 0 atom stereocenters. The molecule has 1 aromatic heterocycles. The van der Waals surface area contributed by atoms with Gasteiger partial charge in [0.1, 0.15) is 11.5 Å². The quantitative estimate of drug-likeness (QED) is 0.805. The van der Waals surface area contributed by atoms with Crippen LogP contribution in [0.2, 0.25) is 0 Å². The van der Waals surface area contributed by atoms with E-state index in [0.717, 1.165) is 22.4 Å². The van der Waals surface area contributed by atoms with E-state index in [9.17, 15) is 9.90 Å². The van der Waals surface area contributed by atoms with E-state index in [-0.39, 0.29) is 11.7 Å². The number of aryl methyl sites for hydroxylation is 1. The van der Waals surface area contributed by atoms with Gasteiger partial charge in [0.05, 0.1) is 50.0 Å². The average molecular weight is 384 g/mol. The van der Waals surface area contributed by atoms with Crippen molar-refractivity contribution in [1.29, 1.82) is 0 Å². The van der Waals surface area contributed by atoms with Gasteiger partial charge in [0.25, 0.3) is 5.56 Å². The van der Waals surface area contributed by atoms with Gasteiger partial charge in [-0.3, -0.25) is 14.7 Å². The lowest BCUT2D eigenvalue weighted by Gasteiger charge is -2.36. The van der Waals surface area contributed by atoms with Gasteiger partial charge in [0.2, 0.25) is 0 Å². The van der Waals surface area contributed by atoms with Gasteiger partial charge in [-0.25, -0.2) is 0 Å². The lowest BCUT2D eigenvalue weighted by atomic mass is 9.98. The molecule has 0 spiro atoms. The van der Waals surface area contributed by atoms with E-state index in [1.54, 1.807) is 32.2 Å². The van der Waals surface area contributed by atoms with Crippen LogP contribution in [0.5, 0.6) is 11.5 Å². The Morgan fingerprint density at radius 2 is 1.93 bits per heavy atom. The topological polar surface area (TPSA) is 88.3 Å². The first-order chi connectivity index (χ1) is 13.5. The lowest BCUT2D eigenvalue weighted by molar-refractivity contribution is -0.00358. The number of rotatable bonds is 5. The number of nitrogens with one attached hydrogen (secondary N) is 1. The number of aliphatic hydroxyl groups excluding tert-OH is 1. The first kappa shape index (κ1) is 18.5. The summed E-state index contributed by atoms with van der Waals surface area (Å²) in [6.45, 7) is 2.28. The molecule has 1 fully saturated rings. The summed E-state index contributed by atoms with van der Waals surface area (Å²) in [6, 6.07) is 3.92. The fourth-order valence-electron chi connectivity index (χ4n) is 3.77. The largest absolute Gasteiger partial charge is 0.496 e. The molecule has 4 rings (SSSR count). The number of aliphatic hydroxyl groups is 1. The van der Waals surface area contributed by atoms with E-state index in [0.29, 0.717) is 43.2 Å². The SMILES string of the molecule is COc1cc(-c2cn(C)c(=O)c3c2NC=NC3)cc(OC)c1CN1CC(O)C1. The smallest absolute Gasteiger partial charge is 0.257 e. The maximum absolute atomic E-state index is 12.5. The molecule has 2 aliphatic rings. The Labute approximate surface area is 163 Å². The standard InChI is InChI=1S/C20H24N4O4/c1-23-9-15(19-14(20(23)26)6-21-11-22-19)12-4-17(27-2)16(18(5-12)28-3)10-24-7-13(25)8-24/h4-5,9,11,13,25H,6-8,10H2,1-3H3,(H,21,22). The summed E-state index contributed by atoms with van der Waals surface area (Å²) >= 11 is 0. The van der Waals surface area contributed by atoms with Crippen molar-refractivity contribution in [2.24, 2.45) is 12.0 Å². The van der Waals surface area contributed by atoms with Crippen molar-refractivity contribution in [3.05, 3.63) is 39.8 Å². The maximum atomic E-state index is 12.5. The molecule has 1 aromatic carbocycles. The van der Waals surface area contributed by atoms with Crippen molar-refractivity contribution in [2.75, 3.05) is 32.6 Å². The Kier molecular flexibility index (Phi) is 4.82. The van der Waals surface area contributed by atoms with Crippen molar-refractivity contribution in [1.82, 2.24) is 9.47 Å².